The van der Waals surface area contributed by atoms with Gasteiger partial charge < -0.3 is 10.3 Å². The highest BCUT2D eigenvalue weighted by Gasteiger charge is 2.41. The first kappa shape index (κ1) is 16.5. The van der Waals surface area contributed by atoms with E-state index in [0.29, 0.717) is 11.7 Å². The molecule has 0 saturated heterocycles. The second-order valence-electron chi connectivity index (χ2n) is 6.82. The highest BCUT2D eigenvalue weighted by Crippen LogP contribution is 2.33. The zero-order valence-electron chi connectivity index (χ0n) is 14.3. The first-order valence-electron chi connectivity index (χ1n) is 8.40. The van der Waals surface area contributed by atoms with E-state index >= 15 is 0 Å². The summed E-state index contributed by atoms with van der Waals surface area (Å²) in [5.41, 5.74) is 10.9. The summed E-state index contributed by atoms with van der Waals surface area (Å²) < 4.78 is 13.0. The molecule has 4 heteroatoms. The fourth-order valence-electron chi connectivity index (χ4n) is 3.64. The number of benzene rings is 2. The van der Waals surface area contributed by atoms with Crippen LogP contribution in [0.2, 0.25) is 5.82 Å². The van der Waals surface area contributed by atoms with Crippen molar-refractivity contribution in [1.29, 1.82) is 0 Å². The van der Waals surface area contributed by atoms with Crippen molar-refractivity contribution in [2.75, 3.05) is 5.73 Å². The first-order chi connectivity index (χ1) is 11.0. The van der Waals surface area contributed by atoms with Crippen LogP contribution in [0.5, 0.6) is 0 Å². The number of hydrogen-bond donors (Lipinski definition) is 1. The lowest BCUT2D eigenvalue weighted by atomic mass is 9.33. The van der Waals surface area contributed by atoms with Crippen molar-refractivity contribution in [3.63, 3.8) is 0 Å². The van der Waals surface area contributed by atoms with Crippen molar-refractivity contribution >= 4 is 34.5 Å². The van der Waals surface area contributed by atoms with Crippen LogP contribution in [0.1, 0.15) is 45.6 Å². The quantitative estimate of drug-likeness (QED) is 0.535. The van der Waals surface area contributed by atoms with Crippen LogP contribution in [0.4, 0.5) is 5.69 Å². The zero-order chi connectivity index (χ0) is 16.7. The van der Waals surface area contributed by atoms with Gasteiger partial charge in [-0.25, -0.2) is 0 Å². The summed E-state index contributed by atoms with van der Waals surface area (Å²) in [6, 6.07) is 12.2. The number of anilines is 1. The maximum absolute atomic E-state index is 13.0. The van der Waals surface area contributed by atoms with E-state index in [4.69, 9.17) is 5.73 Å². The van der Waals surface area contributed by atoms with Gasteiger partial charge in [-0.2, -0.15) is 0 Å². The molecular weight excluding hydrogens is 301 g/mol. The Morgan fingerprint density at radius 2 is 1.78 bits per heavy atom. The Bertz CT molecular complexity index is 731. The van der Waals surface area contributed by atoms with E-state index in [1.807, 2.05) is 24.3 Å². The largest absolute Gasteiger partial charge is 0.606 e. The number of nitrogen functional groups attached to an aromatic ring is 1. The molecule has 2 aromatic rings. The third-order valence-corrected chi connectivity index (χ3v) is 6.58. The van der Waals surface area contributed by atoms with Crippen molar-refractivity contribution < 1.29 is 4.55 Å². The molecule has 0 radical (unpaired) electrons. The maximum Gasteiger partial charge on any atom is 0.227 e. The van der Waals surface area contributed by atoms with Crippen molar-refractivity contribution in [3.8, 4) is 0 Å². The van der Waals surface area contributed by atoms with Crippen LogP contribution in [0.3, 0.4) is 0 Å². The van der Waals surface area contributed by atoms with Crippen LogP contribution >= 0.6 is 0 Å². The topological polar surface area (TPSA) is 49.1 Å². The lowest BCUT2D eigenvalue weighted by Gasteiger charge is -2.31. The summed E-state index contributed by atoms with van der Waals surface area (Å²) in [5, 5.41) is 0. The van der Waals surface area contributed by atoms with Gasteiger partial charge in [0.1, 0.15) is 0 Å². The Kier molecular flexibility index (Phi) is 4.48. The Balaban J connectivity index is 2.27. The second-order valence-corrected chi connectivity index (χ2v) is 8.23. The molecule has 2 aromatic carbocycles. The molecule has 2 atom stereocenters. The number of rotatable bonds is 3. The minimum absolute atomic E-state index is 0.211. The highest BCUT2D eigenvalue weighted by atomic mass is 32.2. The van der Waals surface area contributed by atoms with E-state index in [-0.39, 0.29) is 6.71 Å². The fourth-order valence-corrected chi connectivity index (χ4v) is 5.11. The lowest BCUT2D eigenvalue weighted by molar-refractivity contribution is 0.595. The minimum Gasteiger partial charge on any atom is -0.606 e. The second kappa shape index (κ2) is 6.25. The molecule has 0 bridgehead atoms. The Morgan fingerprint density at radius 1 is 1.09 bits per heavy atom. The van der Waals surface area contributed by atoms with Crippen molar-refractivity contribution in [2.45, 2.75) is 55.6 Å². The van der Waals surface area contributed by atoms with Gasteiger partial charge in [0.25, 0.3) is 0 Å². The van der Waals surface area contributed by atoms with E-state index in [1.165, 1.54) is 11.0 Å². The first-order valence-corrected chi connectivity index (χ1v) is 9.55. The van der Waals surface area contributed by atoms with E-state index < -0.39 is 11.2 Å². The van der Waals surface area contributed by atoms with E-state index in [9.17, 15) is 4.55 Å². The molecule has 2 N–H and O–H groups in total. The van der Waals surface area contributed by atoms with E-state index in [1.54, 1.807) is 0 Å². The van der Waals surface area contributed by atoms with Crippen LogP contribution < -0.4 is 16.7 Å². The molecule has 0 saturated carbocycles. The standard InChI is InChI=1S/C19H24BNOS/c1-5-13(4)14-10-11-17-18(19(14)21)20(12(2)3)15-8-6-7-9-16(15)23(17)22/h6-13H,5,21H2,1-4H3. The number of hydrogen-bond acceptors (Lipinski definition) is 2. The summed E-state index contributed by atoms with van der Waals surface area (Å²) in [5.74, 6) is 0.820. The molecule has 1 heterocycles. The lowest BCUT2D eigenvalue weighted by Crippen LogP contribution is -2.53. The summed E-state index contributed by atoms with van der Waals surface area (Å²) >= 11 is -1.14. The molecule has 1 aliphatic rings. The minimum atomic E-state index is -1.14. The van der Waals surface area contributed by atoms with Gasteiger partial charge in [-0.05, 0) is 35.5 Å². The van der Waals surface area contributed by atoms with Gasteiger partial charge in [-0.1, -0.05) is 57.8 Å². The van der Waals surface area contributed by atoms with Crippen LogP contribution in [0.25, 0.3) is 0 Å². The molecule has 1 aliphatic heterocycles. The average Bonchev–Trinajstić information content (AvgIpc) is 2.55. The SMILES string of the molecule is CCC(C)c1ccc2c(c1N)B(C(C)C)c1ccccc1[S+]2[O-]. The average molecular weight is 325 g/mol. The molecule has 0 spiro atoms. The molecule has 0 aromatic heterocycles. The summed E-state index contributed by atoms with van der Waals surface area (Å²) in [6.07, 6.45) is 1.05. The van der Waals surface area contributed by atoms with Crippen molar-refractivity contribution in [2.24, 2.45) is 0 Å². The van der Waals surface area contributed by atoms with Gasteiger partial charge in [0.05, 0.1) is 0 Å². The van der Waals surface area contributed by atoms with Gasteiger partial charge in [0, 0.05) is 22.3 Å². The van der Waals surface area contributed by atoms with Crippen molar-refractivity contribution in [3.05, 3.63) is 42.0 Å². The van der Waals surface area contributed by atoms with E-state index in [0.717, 1.165) is 27.4 Å². The monoisotopic (exact) mass is 325 g/mol. The van der Waals surface area contributed by atoms with Crippen molar-refractivity contribution in [1.82, 2.24) is 0 Å². The van der Waals surface area contributed by atoms with Crippen LogP contribution in [-0.4, -0.2) is 11.3 Å². The van der Waals surface area contributed by atoms with Gasteiger partial charge in [-0.15, -0.1) is 0 Å². The molecule has 3 rings (SSSR count). The zero-order valence-corrected chi connectivity index (χ0v) is 15.1. The molecule has 0 amide bonds. The van der Waals surface area contributed by atoms with Gasteiger partial charge >= 0.3 is 0 Å². The van der Waals surface area contributed by atoms with Gasteiger partial charge in [-0.3, -0.25) is 0 Å². The molecule has 120 valence electrons. The Hall–Kier alpha value is -1.39. The van der Waals surface area contributed by atoms with Crippen LogP contribution in [0.15, 0.2) is 46.2 Å². The van der Waals surface area contributed by atoms with Gasteiger partial charge in [0.15, 0.2) is 9.79 Å². The smallest absolute Gasteiger partial charge is 0.227 e. The normalized spacial score (nSPS) is 17.8. The fraction of sp³-hybridized carbons (Fsp3) is 0.368. The van der Waals surface area contributed by atoms with Crippen LogP contribution in [-0.2, 0) is 11.2 Å². The third-order valence-electron chi connectivity index (χ3n) is 5.06. The number of fused-ring (bicyclic) bond motifs is 2. The molecule has 23 heavy (non-hydrogen) atoms. The molecular formula is C19H24BNOS. The summed E-state index contributed by atoms with van der Waals surface area (Å²) in [7, 11) is 0. The van der Waals surface area contributed by atoms with Crippen LogP contribution in [0, 0.1) is 0 Å². The molecule has 2 unspecified atom stereocenters. The predicted octanol–water partition coefficient (Wildman–Crippen LogP) is 3.28. The summed E-state index contributed by atoms with van der Waals surface area (Å²) in [6.45, 7) is 9.03. The van der Waals surface area contributed by atoms with E-state index in [2.05, 4.69) is 39.8 Å². The Labute approximate surface area is 142 Å². The highest BCUT2D eigenvalue weighted by molar-refractivity contribution is 7.92. The predicted molar refractivity (Wildman–Crippen MR) is 101 cm³/mol. The number of nitrogens with two attached hydrogens (primary N) is 1. The van der Waals surface area contributed by atoms with Gasteiger partial charge in [0.2, 0.25) is 6.71 Å². The molecule has 0 fully saturated rings. The molecule has 2 nitrogen and oxygen atoms in total. The Morgan fingerprint density at radius 3 is 2.43 bits per heavy atom. The summed E-state index contributed by atoms with van der Waals surface area (Å²) in [4.78, 5) is 1.83. The maximum atomic E-state index is 13.0. The third kappa shape index (κ3) is 2.58. The molecule has 0 aliphatic carbocycles.